The van der Waals surface area contributed by atoms with E-state index in [0.717, 1.165) is 116 Å². The number of hydrogen-bond donors (Lipinski definition) is 0. The Morgan fingerprint density at radius 3 is 1.42 bits per heavy atom. The first-order valence-corrected chi connectivity index (χ1v) is 20.1. The summed E-state index contributed by atoms with van der Waals surface area (Å²) in [7, 11) is 0. The fourth-order valence-corrected chi connectivity index (χ4v) is 8.79. The molecule has 0 saturated carbocycles. The normalized spacial score (nSPS) is 11.7. The molecule has 0 atom stereocenters. The monoisotopic (exact) mass is 767 g/mol. The van der Waals surface area contributed by atoms with Crippen LogP contribution in [-0.4, -0.2) is 15.0 Å². The van der Waals surface area contributed by atoms with E-state index >= 15 is 0 Å². The molecule has 0 bridgehead atoms. The molecule has 5 nitrogen and oxygen atoms in total. The number of furan rings is 2. The van der Waals surface area contributed by atoms with Crippen LogP contribution < -0.4 is 0 Å². The van der Waals surface area contributed by atoms with Crippen molar-refractivity contribution in [2.24, 2.45) is 0 Å². The minimum Gasteiger partial charge on any atom is -0.455 e. The summed E-state index contributed by atoms with van der Waals surface area (Å²) in [5.74, 6) is 0.644. The summed E-state index contributed by atoms with van der Waals surface area (Å²) in [6.07, 6.45) is 3.72. The van der Waals surface area contributed by atoms with E-state index in [4.69, 9.17) is 18.8 Å². The van der Waals surface area contributed by atoms with E-state index in [1.54, 1.807) is 6.20 Å². The van der Waals surface area contributed by atoms with Crippen LogP contribution in [0.1, 0.15) is 0 Å². The highest BCUT2D eigenvalue weighted by Gasteiger charge is 2.20. The summed E-state index contributed by atoms with van der Waals surface area (Å²) in [5, 5.41) is 6.51. The van der Waals surface area contributed by atoms with Gasteiger partial charge in [0.05, 0.1) is 11.4 Å². The summed E-state index contributed by atoms with van der Waals surface area (Å²) in [4.78, 5) is 15.2. The number of hydrogen-bond acceptors (Lipinski definition) is 5. The predicted octanol–water partition coefficient (Wildman–Crippen LogP) is 14.8. The van der Waals surface area contributed by atoms with Crippen LogP contribution >= 0.6 is 0 Å². The van der Waals surface area contributed by atoms with Crippen molar-refractivity contribution in [3.05, 3.63) is 200 Å². The summed E-state index contributed by atoms with van der Waals surface area (Å²) in [5.41, 5.74) is 14.1. The molecule has 12 rings (SSSR count). The van der Waals surface area contributed by atoms with Gasteiger partial charge in [0.15, 0.2) is 5.82 Å². The van der Waals surface area contributed by atoms with E-state index in [1.807, 2.05) is 42.6 Å². The molecule has 0 saturated heterocycles. The van der Waals surface area contributed by atoms with Crippen LogP contribution in [0.25, 0.3) is 122 Å². The Kier molecular flexibility index (Phi) is 7.78. The van der Waals surface area contributed by atoms with Crippen LogP contribution in [0.2, 0.25) is 0 Å². The smallest absolute Gasteiger partial charge is 0.161 e. The largest absolute Gasteiger partial charge is 0.455 e. The minimum absolute atomic E-state index is 0.644. The molecule has 5 heteroatoms. The average molecular weight is 768 g/mol. The molecule has 4 aromatic heterocycles. The molecule has 12 aromatic rings. The second kappa shape index (κ2) is 13.8. The van der Waals surface area contributed by atoms with Crippen molar-refractivity contribution in [3.8, 4) is 67.3 Å². The zero-order valence-corrected chi connectivity index (χ0v) is 32.2. The molecule has 0 aliphatic heterocycles. The Hall–Kier alpha value is -8.15. The van der Waals surface area contributed by atoms with E-state index in [2.05, 4.69) is 157 Å². The summed E-state index contributed by atoms with van der Waals surface area (Å²) >= 11 is 0. The Morgan fingerprint density at radius 1 is 0.317 bits per heavy atom. The van der Waals surface area contributed by atoms with Crippen LogP contribution in [-0.2, 0) is 0 Å². The topological polar surface area (TPSA) is 65.0 Å². The fourth-order valence-electron chi connectivity index (χ4n) is 8.79. The fraction of sp³-hybridized carbons (Fsp3) is 0. The molecule has 280 valence electrons. The maximum absolute atomic E-state index is 6.63. The van der Waals surface area contributed by atoms with Gasteiger partial charge in [0.1, 0.15) is 22.3 Å². The van der Waals surface area contributed by atoms with Gasteiger partial charge in [-0.3, -0.25) is 4.98 Å². The van der Waals surface area contributed by atoms with Crippen LogP contribution in [0.4, 0.5) is 0 Å². The highest BCUT2D eigenvalue weighted by Crippen LogP contribution is 2.43. The van der Waals surface area contributed by atoms with Gasteiger partial charge in [-0.1, -0.05) is 146 Å². The average Bonchev–Trinajstić information content (AvgIpc) is 3.90. The molecular weight excluding hydrogens is 735 g/mol. The van der Waals surface area contributed by atoms with Gasteiger partial charge in [0.25, 0.3) is 0 Å². The summed E-state index contributed by atoms with van der Waals surface area (Å²) in [6, 6.07) is 65.3. The number of benzene rings is 8. The molecule has 4 heterocycles. The maximum atomic E-state index is 6.63. The highest BCUT2D eigenvalue weighted by molar-refractivity contribution is 6.12. The van der Waals surface area contributed by atoms with E-state index in [0.29, 0.717) is 5.82 Å². The van der Waals surface area contributed by atoms with Gasteiger partial charge in [-0.2, -0.15) is 0 Å². The Morgan fingerprint density at radius 2 is 0.800 bits per heavy atom. The van der Waals surface area contributed by atoms with Gasteiger partial charge in [0, 0.05) is 67.3 Å². The van der Waals surface area contributed by atoms with E-state index in [-0.39, 0.29) is 0 Å². The number of rotatable bonds is 6. The number of pyridine rings is 1. The predicted molar refractivity (Wildman–Crippen MR) is 245 cm³/mol. The second-order valence-corrected chi connectivity index (χ2v) is 15.1. The molecule has 0 N–H and O–H groups in total. The molecule has 60 heavy (non-hydrogen) atoms. The van der Waals surface area contributed by atoms with Crippen molar-refractivity contribution in [1.82, 2.24) is 15.0 Å². The van der Waals surface area contributed by atoms with Crippen molar-refractivity contribution in [2.45, 2.75) is 0 Å². The van der Waals surface area contributed by atoms with Crippen molar-refractivity contribution in [2.75, 3.05) is 0 Å². The molecule has 8 aromatic carbocycles. The lowest BCUT2D eigenvalue weighted by molar-refractivity contribution is 0.670. The van der Waals surface area contributed by atoms with Gasteiger partial charge < -0.3 is 8.83 Å². The molecular formula is C55H33N3O2. The van der Waals surface area contributed by atoms with Gasteiger partial charge >= 0.3 is 0 Å². The third-order valence-electron chi connectivity index (χ3n) is 11.6. The zero-order chi connectivity index (χ0) is 39.6. The second-order valence-electron chi connectivity index (χ2n) is 15.1. The van der Waals surface area contributed by atoms with E-state index in [9.17, 15) is 0 Å². The molecule has 0 aliphatic carbocycles. The van der Waals surface area contributed by atoms with Crippen molar-refractivity contribution in [1.29, 1.82) is 0 Å². The van der Waals surface area contributed by atoms with Crippen LogP contribution in [0.3, 0.4) is 0 Å². The molecule has 0 amide bonds. The lowest BCUT2D eigenvalue weighted by Gasteiger charge is -2.15. The number of nitrogens with zero attached hydrogens (tertiary/aromatic N) is 3. The quantitative estimate of drug-likeness (QED) is 0.169. The SMILES string of the molecule is c1ccc(-c2cc(-c3cc(-c4cccc5c4oc4ccccc45)cc(-c4cccc5c4oc4ccccc45)c3)nc(-c3cccc4c(-c5cccnc5)cccc34)n2)cc1. The van der Waals surface area contributed by atoms with Gasteiger partial charge in [-0.05, 0) is 69.9 Å². The van der Waals surface area contributed by atoms with Crippen molar-refractivity contribution >= 4 is 54.6 Å². The Balaban J connectivity index is 1.13. The standard InChI is InChI=1S/C55H33N3O2/c1-2-13-34(14-3-1)49-32-50(58-55(57-49)48-25-11-21-42-39(18-8-22-43(42)48)35-15-12-28-56-33-35)38-30-36(40-19-9-23-46-44-16-4-6-26-51(44)59-53(40)46)29-37(31-38)41-20-10-24-47-45-17-5-7-27-52(45)60-54(41)47/h1-33H. The van der Waals surface area contributed by atoms with Gasteiger partial charge in [-0.25, -0.2) is 9.97 Å². The highest BCUT2D eigenvalue weighted by atomic mass is 16.3. The molecule has 0 radical (unpaired) electrons. The Bertz CT molecular complexity index is 3470. The van der Waals surface area contributed by atoms with Crippen LogP contribution in [0.5, 0.6) is 0 Å². The van der Waals surface area contributed by atoms with Crippen LogP contribution in [0.15, 0.2) is 209 Å². The van der Waals surface area contributed by atoms with Gasteiger partial charge in [-0.15, -0.1) is 0 Å². The third-order valence-corrected chi connectivity index (χ3v) is 11.6. The number of para-hydroxylation sites is 4. The Labute approximate surface area is 344 Å². The summed E-state index contributed by atoms with van der Waals surface area (Å²) < 4.78 is 13.3. The van der Waals surface area contributed by atoms with E-state index in [1.165, 1.54) is 0 Å². The van der Waals surface area contributed by atoms with Crippen molar-refractivity contribution < 1.29 is 8.83 Å². The zero-order valence-electron chi connectivity index (χ0n) is 32.2. The first-order chi connectivity index (χ1) is 29.7. The van der Waals surface area contributed by atoms with Crippen LogP contribution in [0, 0.1) is 0 Å². The first-order valence-electron chi connectivity index (χ1n) is 20.1. The molecule has 0 unspecified atom stereocenters. The molecule has 0 spiro atoms. The maximum Gasteiger partial charge on any atom is 0.161 e. The summed E-state index contributed by atoms with van der Waals surface area (Å²) in [6.45, 7) is 0. The number of fused-ring (bicyclic) bond motifs is 7. The lowest BCUT2D eigenvalue weighted by atomic mass is 9.92. The third kappa shape index (κ3) is 5.59. The van der Waals surface area contributed by atoms with Gasteiger partial charge in [0.2, 0.25) is 0 Å². The van der Waals surface area contributed by atoms with Crippen molar-refractivity contribution in [3.63, 3.8) is 0 Å². The lowest BCUT2D eigenvalue weighted by Crippen LogP contribution is -1.97. The van der Waals surface area contributed by atoms with E-state index < -0.39 is 0 Å². The first kappa shape index (κ1) is 33.9. The molecule has 0 fully saturated rings. The molecule has 0 aliphatic rings. The number of aromatic nitrogens is 3. The minimum atomic E-state index is 0.644.